The average Bonchev–Trinajstić information content (AvgIpc) is 3.24. The van der Waals surface area contributed by atoms with E-state index in [-0.39, 0.29) is 24.5 Å². The van der Waals surface area contributed by atoms with Gasteiger partial charge in [-0.15, -0.1) is 12.4 Å². The number of esters is 1. The molecular weight excluding hydrogens is 466 g/mol. The lowest BCUT2D eigenvalue weighted by Crippen LogP contribution is -2.58. The molecule has 3 aliphatic heterocycles. The second-order valence-electron chi connectivity index (χ2n) is 9.28. The van der Waals surface area contributed by atoms with Crippen LogP contribution in [-0.4, -0.2) is 67.7 Å². The number of hydrogen-bond donors (Lipinski definition) is 0. The van der Waals surface area contributed by atoms with Crippen LogP contribution in [0, 0.1) is 18.3 Å². The zero-order valence-electron chi connectivity index (χ0n) is 20.3. The van der Waals surface area contributed by atoms with Crippen molar-refractivity contribution in [2.75, 3.05) is 45.9 Å². The average molecular weight is 498 g/mol. The van der Waals surface area contributed by atoms with Gasteiger partial charge in [0.25, 0.3) is 0 Å². The molecule has 2 atom stereocenters. The highest BCUT2D eigenvalue weighted by molar-refractivity contribution is 5.94. The van der Waals surface area contributed by atoms with Crippen molar-refractivity contribution in [2.45, 2.75) is 39.0 Å². The number of halogens is 1. The molecule has 3 aliphatic rings. The maximum atomic E-state index is 11.9. The molecule has 0 radical (unpaired) electrons. The Kier molecular flexibility index (Phi) is 7.98. The second-order valence-corrected chi connectivity index (χ2v) is 9.28. The summed E-state index contributed by atoms with van der Waals surface area (Å²) >= 11 is 0. The molecule has 0 unspecified atom stereocenters. The summed E-state index contributed by atoms with van der Waals surface area (Å²) in [6, 6.07) is 12.4. The van der Waals surface area contributed by atoms with Crippen LogP contribution in [0.2, 0.25) is 0 Å². The largest absolute Gasteiger partial charge is 0.492 e. The number of nitriles is 1. The van der Waals surface area contributed by atoms with Gasteiger partial charge in [-0.3, -0.25) is 4.90 Å². The Morgan fingerprint density at radius 3 is 2.86 bits per heavy atom. The Hall–Kier alpha value is -2.63. The third-order valence-corrected chi connectivity index (χ3v) is 7.32. The molecule has 0 amide bonds. The van der Waals surface area contributed by atoms with Crippen LogP contribution in [0.25, 0.3) is 0 Å². The lowest BCUT2D eigenvalue weighted by atomic mass is 9.94. The number of rotatable bonds is 6. The smallest absolute Gasteiger partial charge is 0.338 e. The summed E-state index contributed by atoms with van der Waals surface area (Å²) in [5, 5.41) is 9.26. The van der Waals surface area contributed by atoms with Crippen LogP contribution in [0.1, 0.15) is 51.2 Å². The van der Waals surface area contributed by atoms with E-state index in [1.54, 1.807) is 0 Å². The number of cyclic esters (lactones) is 1. The number of carbonyl (C=O) groups is 1. The second kappa shape index (κ2) is 11.0. The predicted molar refractivity (Wildman–Crippen MR) is 134 cm³/mol. The fourth-order valence-electron chi connectivity index (χ4n) is 5.33. The van der Waals surface area contributed by atoms with E-state index < -0.39 is 0 Å². The van der Waals surface area contributed by atoms with E-state index in [9.17, 15) is 10.1 Å². The van der Waals surface area contributed by atoms with Gasteiger partial charge in [0.1, 0.15) is 18.4 Å². The number of carbonyl (C=O) groups excluding carboxylic acids is 1. The molecular formula is C27H32ClN3O4. The van der Waals surface area contributed by atoms with Gasteiger partial charge >= 0.3 is 5.97 Å². The van der Waals surface area contributed by atoms with Crippen LogP contribution in [0.5, 0.6) is 5.75 Å². The molecule has 8 heteroatoms. The number of fused-ring (bicyclic) bond motifs is 2. The number of nitrogens with zero attached hydrogens (tertiary/aromatic N) is 3. The molecule has 0 saturated carbocycles. The van der Waals surface area contributed by atoms with Crippen molar-refractivity contribution in [2.24, 2.45) is 0 Å². The highest BCUT2D eigenvalue weighted by atomic mass is 35.5. The van der Waals surface area contributed by atoms with Crippen LogP contribution >= 0.6 is 12.4 Å². The van der Waals surface area contributed by atoms with Gasteiger partial charge in [0, 0.05) is 44.3 Å². The van der Waals surface area contributed by atoms with Crippen molar-refractivity contribution < 1.29 is 19.0 Å². The number of benzene rings is 2. The molecule has 2 fully saturated rings. The van der Waals surface area contributed by atoms with E-state index in [0.29, 0.717) is 42.7 Å². The summed E-state index contributed by atoms with van der Waals surface area (Å²) in [4.78, 5) is 16.9. The first-order valence-electron chi connectivity index (χ1n) is 12.1. The van der Waals surface area contributed by atoms with Gasteiger partial charge in [0.05, 0.1) is 30.4 Å². The first-order valence-corrected chi connectivity index (χ1v) is 12.1. The monoisotopic (exact) mass is 497 g/mol. The quantitative estimate of drug-likeness (QED) is 0.564. The molecule has 7 nitrogen and oxygen atoms in total. The standard InChI is InChI=1S/C27H31N3O4.ClH/c1-3-32-25-12-19(4-5-20(25)13-28)8-9-29-10-11-30-15-26(33-16-21(30)14-29)22-6-7-23-24(18(22)2)17-34-27(23)31;/h4-7,12,21,26H,3,8-11,14-17H2,1-2H3;1H/t21-,26-;/m0./s1. The SMILES string of the molecule is CCOc1cc(CCN2CCN3C[C@@H](c4ccc5c(c4C)COC5=O)OC[C@@H]3C2)ccc1C#N.Cl. The predicted octanol–water partition coefficient (Wildman–Crippen LogP) is 3.66. The summed E-state index contributed by atoms with van der Waals surface area (Å²) < 4.78 is 17.2. The van der Waals surface area contributed by atoms with Crippen molar-refractivity contribution >= 4 is 18.4 Å². The number of hydrogen-bond acceptors (Lipinski definition) is 7. The molecule has 3 heterocycles. The van der Waals surface area contributed by atoms with Crippen LogP contribution in [0.4, 0.5) is 0 Å². The highest BCUT2D eigenvalue weighted by Crippen LogP contribution is 2.33. The maximum Gasteiger partial charge on any atom is 0.338 e. The molecule has 2 aromatic rings. The zero-order valence-corrected chi connectivity index (χ0v) is 21.1. The van der Waals surface area contributed by atoms with Crippen LogP contribution in [0.15, 0.2) is 30.3 Å². The summed E-state index contributed by atoms with van der Waals surface area (Å²) in [6.45, 7) is 10.5. The normalized spacial score (nSPS) is 21.9. The number of ether oxygens (including phenoxy) is 3. The summed E-state index contributed by atoms with van der Waals surface area (Å²) in [5.74, 6) is 0.456. The number of morpholine rings is 1. The molecule has 5 rings (SSSR count). The first-order chi connectivity index (χ1) is 16.6. The minimum absolute atomic E-state index is 0. The third kappa shape index (κ3) is 5.17. The maximum absolute atomic E-state index is 11.9. The van der Waals surface area contributed by atoms with Crippen LogP contribution in [-0.2, 0) is 22.5 Å². The molecule has 0 bridgehead atoms. The van der Waals surface area contributed by atoms with Crippen molar-refractivity contribution in [3.8, 4) is 11.8 Å². The van der Waals surface area contributed by atoms with Gasteiger partial charge in [-0.1, -0.05) is 12.1 Å². The number of piperazine rings is 1. The van der Waals surface area contributed by atoms with Crippen LogP contribution in [0.3, 0.4) is 0 Å². The fourth-order valence-corrected chi connectivity index (χ4v) is 5.33. The van der Waals surface area contributed by atoms with E-state index in [2.05, 4.69) is 22.8 Å². The lowest BCUT2D eigenvalue weighted by Gasteiger charge is -2.46. The van der Waals surface area contributed by atoms with Gasteiger partial charge in [0.15, 0.2) is 0 Å². The van der Waals surface area contributed by atoms with Gasteiger partial charge in [-0.2, -0.15) is 5.26 Å². The zero-order chi connectivity index (χ0) is 23.7. The van der Waals surface area contributed by atoms with Gasteiger partial charge < -0.3 is 19.1 Å². The minimum Gasteiger partial charge on any atom is -0.492 e. The van der Waals surface area contributed by atoms with Gasteiger partial charge in [-0.25, -0.2) is 4.79 Å². The molecule has 0 spiro atoms. The Morgan fingerprint density at radius 1 is 1.20 bits per heavy atom. The fraction of sp³-hybridized carbons (Fsp3) is 0.481. The molecule has 0 aromatic heterocycles. The van der Waals surface area contributed by atoms with E-state index in [1.165, 1.54) is 11.1 Å². The molecule has 0 aliphatic carbocycles. The van der Waals surface area contributed by atoms with Crippen molar-refractivity contribution in [1.82, 2.24) is 9.80 Å². The van der Waals surface area contributed by atoms with Crippen molar-refractivity contribution in [3.05, 3.63) is 63.7 Å². The van der Waals surface area contributed by atoms with E-state index >= 15 is 0 Å². The first kappa shape index (κ1) is 25.5. The highest BCUT2D eigenvalue weighted by Gasteiger charge is 2.35. The summed E-state index contributed by atoms with van der Waals surface area (Å²) in [6.07, 6.45) is 0.955. The molecule has 35 heavy (non-hydrogen) atoms. The molecule has 2 aromatic carbocycles. The Bertz CT molecular complexity index is 1130. The molecule has 186 valence electrons. The van der Waals surface area contributed by atoms with Gasteiger partial charge in [0.2, 0.25) is 0 Å². The van der Waals surface area contributed by atoms with Crippen molar-refractivity contribution in [1.29, 1.82) is 5.26 Å². The van der Waals surface area contributed by atoms with Crippen LogP contribution < -0.4 is 4.74 Å². The Balaban J connectivity index is 0.00000289. The summed E-state index contributed by atoms with van der Waals surface area (Å²) in [7, 11) is 0. The Labute approximate surface area is 213 Å². The minimum atomic E-state index is -0.222. The van der Waals surface area contributed by atoms with E-state index in [4.69, 9.17) is 14.2 Å². The molecule has 2 saturated heterocycles. The van der Waals surface area contributed by atoms with E-state index in [1.807, 2.05) is 37.3 Å². The third-order valence-electron chi connectivity index (χ3n) is 7.32. The topological polar surface area (TPSA) is 75.0 Å². The lowest BCUT2D eigenvalue weighted by molar-refractivity contribution is -0.0903. The van der Waals surface area contributed by atoms with Crippen molar-refractivity contribution in [3.63, 3.8) is 0 Å². The Morgan fingerprint density at radius 2 is 2.06 bits per heavy atom. The molecule has 0 N–H and O–H groups in total. The summed E-state index contributed by atoms with van der Waals surface area (Å²) in [5.41, 5.74) is 5.78. The van der Waals surface area contributed by atoms with E-state index in [0.717, 1.165) is 50.3 Å². The van der Waals surface area contributed by atoms with Gasteiger partial charge in [-0.05, 0) is 55.2 Å².